The lowest BCUT2D eigenvalue weighted by Crippen LogP contribution is -2.10. The fraction of sp³-hybridized carbons (Fsp3) is 0.400. The Hall–Kier alpha value is -3.32. The van der Waals surface area contributed by atoms with E-state index in [1.807, 2.05) is 39.8 Å². The summed E-state index contributed by atoms with van der Waals surface area (Å²) in [6.07, 6.45) is 0. The zero-order valence-corrected chi connectivity index (χ0v) is 15.8. The van der Waals surface area contributed by atoms with Crippen molar-refractivity contribution >= 4 is 16.5 Å². The van der Waals surface area contributed by atoms with Gasteiger partial charge in [-0.15, -0.1) is 0 Å². The normalized spacial score (nSPS) is 10.7. The van der Waals surface area contributed by atoms with Gasteiger partial charge in [-0.3, -0.25) is 10.1 Å². The van der Waals surface area contributed by atoms with Gasteiger partial charge in [0.15, 0.2) is 5.75 Å². The molecule has 2 aromatic carbocycles. The third kappa shape index (κ3) is 4.09. The third-order valence-corrected chi connectivity index (χ3v) is 3.76. The van der Waals surface area contributed by atoms with Gasteiger partial charge in [-0.05, 0) is 17.9 Å². The highest BCUT2D eigenvalue weighted by Gasteiger charge is 2.27. The largest absolute Gasteiger partial charge is 0.491 e. The number of nitro benzene ring substituents is 1. The first-order valence-electron chi connectivity index (χ1n) is 8.64. The summed E-state index contributed by atoms with van der Waals surface area (Å²) < 4.78 is 11.6. The van der Waals surface area contributed by atoms with Crippen LogP contribution >= 0.6 is 0 Å². The van der Waals surface area contributed by atoms with Gasteiger partial charge < -0.3 is 9.47 Å². The topological polar surface area (TPSA) is 109 Å². The molecule has 0 heterocycles. The molecule has 0 bridgehead atoms. The van der Waals surface area contributed by atoms with Crippen molar-refractivity contribution in [2.24, 2.45) is 11.8 Å². The molecule has 0 aliphatic rings. The number of non-ortho nitro benzene ring substituents is 1. The Kier molecular flexibility index (Phi) is 6.20. The fourth-order valence-electron chi connectivity index (χ4n) is 2.61. The maximum atomic E-state index is 11.6. The molecule has 0 amide bonds. The molecular formula is C20H21N3O4. The highest BCUT2D eigenvalue weighted by molar-refractivity contribution is 6.03. The summed E-state index contributed by atoms with van der Waals surface area (Å²) in [5.74, 6) is 0.546. The predicted octanol–water partition coefficient (Wildman–Crippen LogP) is 4.56. The van der Waals surface area contributed by atoms with Crippen molar-refractivity contribution in [3.8, 4) is 23.6 Å². The number of hydrogen-bond acceptors (Lipinski definition) is 6. The molecule has 0 radical (unpaired) electrons. The van der Waals surface area contributed by atoms with Crippen LogP contribution in [0.3, 0.4) is 0 Å². The van der Waals surface area contributed by atoms with E-state index in [1.165, 1.54) is 12.1 Å². The van der Waals surface area contributed by atoms with Crippen LogP contribution in [0.15, 0.2) is 18.2 Å². The monoisotopic (exact) mass is 367 g/mol. The van der Waals surface area contributed by atoms with Gasteiger partial charge in [0.2, 0.25) is 0 Å². The highest BCUT2D eigenvalue weighted by atomic mass is 16.6. The lowest BCUT2D eigenvalue weighted by molar-refractivity contribution is -0.383. The number of fused-ring (bicyclic) bond motifs is 1. The van der Waals surface area contributed by atoms with Crippen LogP contribution in [-0.4, -0.2) is 18.1 Å². The van der Waals surface area contributed by atoms with E-state index < -0.39 is 4.92 Å². The van der Waals surface area contributed by atoms with E-state index in [1.54, 1.807) is 6.07 Å². The molecule has 2 rings (SSSR count). The zero-order valence-electron chi connectivity index (χ0n) is 15.8. The Labute approximate surface area is 157 Å². The van der Waals surface area contributed by atoms with Crippen LogP contribution in [0.25, 0.3) is 10.8 Å². The summed E-state index contributed by atoms with van der Waals surface area (Å²) in [7, 11) is 0. The van der Waals surface area contributed by atoms with Crippen LogP contribution in [0.5, 0.6) is 11.5 Å². The van der Waals surface area contributed by atoms with Crippen molar-refractivity contribution in [3.63, 3.8) is 0 Å². The summed E-state index contributed by atoms with van der Waals surface area (Å²) in [6, 6.07) is 8.51. The highest BCUT2D eigenvalue weighted by Crippen LogP contribution is 2.44. The summed E-state index contributed by atoms with van der Waals surface area (Å²) >= 11 is 0. The molecule has 7 heteroatoms. The van der Waals surface area contributed by atoms with Crippen molar-refractivity contribution in [1.29, 1.82) is 10.5 Å². The predicted molar refractivity (Wildman–Crippen MR) is 101 cm³/mol. The lowest BCUT2D eigenvalue weighted by Gasteiger charge is -2.18. The number of benzene rings is 2. The molecule has 0 aliphatic heterocycles. The van der Waals surface area contributed by atoms with E-state index in [0.29, 0.717) is 12.0 Å². The van der Waals surface area contributed by atoms with Crippen molar-refractivity contribution < 1.29 is 14.4 Å². The molecule has 0 atom stereocenters. The smallest absolute Gasteiger partial charge is 0.281 e. The Bertz CT molecular complexity index is 953. The first-order chi connectivity index (χ1) is 12.8. The van der Waals surface area contributed by atoms with Gasteiger partial charge in [-0.25, -0.2) is 0 Å². The van der Waals surface area contributed by atoms with Crippen molar-refractivity contribution in [1.82, 2.24) is 0 Å². The van der Waals surface area contributed by atoms with Crippen LogP contribution in [0, 0.1) is 44.6 Å². The number of nitro groups is 1. The van der Waals surface area contributed by atoms with Crippen molar-refractivity contribution in [3.05, 3.63) is 39.4 Å². The Morgan fingerprint density at radius 2 is 1.52 bits per heavy atom. The Balaban J connectivity index is 2.93. The number of ether oxygens (including phenoxy) is 2. The number of nitriles is 2. The quantitative estimate of drug-likeness (QED) is 0.524. The van der Waals surface area contributed by atoms with E-state index in [9.17, 15) is 20.6 Å². The minimum atomic E-state index is -0.524. The molecule has 140 valence electrons. The van der Waals surface area contributed by atoms with E-state index >= 15 is 0 Å². The molecule has 0 fully saturated rings. The summed E-state index contributed by atoms with van der Waals surface area (Å²) in [5.41, 5.74) is -0.203. The SMILES string of the molecule is CC(C)COc1c(C#N)c(C#N)c(OCC(C)C)c2c([N+](=O)[O-])cccc12. The van der Waals surface area contributed by atoms with Gasteiger partial charge in [0.05, 0.1) is 18.1 Å². The molecule has 27 heavy (non-hydrogen) atoms. The van der Waals surface area contributed by atoms with E-state index in [-0.39, 0.29) is 52.1 Å². The van der Waals surface area contributed by atoms with Crippen molar-refractivity contribution in [2.45, 2.75) is 27.7 Å². The summed E-state index contributed by atoms with van der Waals surface area (Å²) in [6.45, 7) is 8.31. The summed E-state index contributed by atoms with van der Waals surface area (Å²) in [5, 5.41) is 31.5. The number of nitrogens with zero attached hydrogens (tertiary/aromatic N) is 3. The molecule has 0 unspecified atom stereocenters. The second-order valence-corrected chi connectivity index (χ2v) is 7.00. The van der Waals surface area contributed by atoms with Gasteiger partial charge in [0.25, 0.3) is 5.69 Å². The third-order valence-electron chi connectivity index (χ3n) is 3.76. The zero-order chi connectivity index (χ0) is 20.1. The van der Waals surface area contributed by atoms with Crippen LogP contribution in [-0.2, 0) is 0 Å². The van der Waals surface area contributed by atoms with Crippen LogP contribution in [0.4, 0.5) is 5.69 Å². The Morgan fingerprint density at radius 1 is 1.00 bits per heavy atom. The van der Waals surface area contributed by atoms with Gasteiger partial charge in [0.1, 0.15) is 34.4 Å². The molecule has 0 saturated carbocycles. The first kappa shape index (κ1) is 20.0. The average molecular weight is 367 g/mol. The van der Waals surface area contributed by atoms with Gasteiger partial charge in [-0.2, -0.15) is 10.5 Å². The van der Waals surface area contributed by atoms with Crippen molar-refractivity contribution in [2.75, 3.05) is 13.2 Å². The average Bonchev–Trinajstić information content (AvgIpc) is 2.62. The van der Waals surface area contributed by atoms with Crippen LogP contribution in [0.2, 0.25) is 0 Å². The molecule has 0 aromatic heterocycles. The molecule has 2 aromatic rings. The lowest BCUT2D eigenvalue weighted by atomic mass is 9.97. The Morgan fingerprint density at radius 3 is 2.00 bits per heavy atom. The van der Waals surface area contributed by atoms with Gasteiger partial charge >= 0.3 is 0 Å². The number of hydrogen-bond donors (Lipinski definition) is 0. The van der Waals surface area contributed by atoms with Crippen LogP contribution in [0.1, 0.15) is 38.8 Å². The molecule has 7 nitrogen and oxygen atoms in total. The maximum Gasteiger partial charge on any atom is 0.281 e. The van der Waals surface area contributed by atoms with Gasteiger partial charge in [-0.1, -0.05) is 33.8 Å². The molecular weight excluding hydrogens is 346 g/mol. The second kappa shape index (κ2) is 8.37. The summed E-state index contributed by atoms with van der Waals surface area (Å²) in [4.78, 5) is 11.1. The van der Waals surface area contributed by atoms with E-state index in [4.69, 9.17) is 9.47 Å². The molecule has 0 spiro atoms. The first-order valence-corrected chi connectivity index (χ1v) is 8.64. The standard InChI is InChI=1S/C20H21N3O4/c1-12(2)10-26-19-14-6-5-7-17(23(24)25)18(14)20(27-11-13(3)4)16(9-22)15(19)8-21/h5-7,12-13H,10-11H2,1-4H3. The van der Waals surface area contributed by atoms with E-state index in [0.717, 1.165) is 0 Å². The fourth-order valence-corrected chi connectivity index (χ4v) is 2.61. The van der Waals surface area contributed by atoms with E-state index in [2.05, 4.69) is 0 Å². The second-order valence-electron chi connectivity index (χ2n) is 7.00. The minimum absolute atomic E-state index is 0.0323. The minimum Gasteiger partial charge on any atom is -0.491 e. The van der Waals surface area contributed by atoms with Gasteiger partial charge in [0, 0.05) is 11.5 Å². The van der Waals surface area contributed by atoms with Crippen LogP contribution < -0.4 is 9.47 Å². The number of rotatable bonds is 7. The molecule has 0 saturated heterocycles. The molecule has 0 N–H and O–H groups in total. The maximum absolute atomic E-state index is 11.6. The molecule has 0 aliphatic carbocycles.